The van der Waals surface area contributed by atoms with E-state index >= 15 is 0 Å². The number of aromatic amines is 1. The number of rotatable bonds is 5. The molecule has 2 bridgehead atoms. The van der Waals surface area contributed by atoms with E-state index < -0.39 is 23.2 Å². The Morgan fingerprint density at radius 2 is 1.81 bits per heavy atom. The number of aliphatic hydroxyl groups excluding tert-OH is 1. The second-order valence-electron chi connectivity index (χ2n) is 10.4. The fourth-order valence-electron chi connectivity index (χ4n) is 6.33. The van der Waals surface area contributed by atoms with E-state index in [0.717, 1.165) is 29.8 Å². The fraction of sp³-hybridized carbons (Fsp3) is 0.370. The van der Waals surface area contributed by atoms with Gasteiger partial charge in [0.05, 0.1) is 34.2 Å². The van der Waals surface area contributed by atoms with Crippen LogP contribution in [0.4, 0.5) is 8.78 Å². The van der Waals surface area contributed by atoms with Crippen LogP contribution in [0.2, 0.25) is 0 Å². The molecule has 3 aromatic heterocycles. The van der Waals surface area contributed by atoms with E-state index in [4.69, 9.17) is 4.98 Å². The van der Waals surface area contributed by atoms with Gasteiger partial charge in [-0.3, -0.25) is 5.10 Å². The zero-order valence-electron chi connectivity index (χ0n) is 20.3. The van der Waals surface area contributed by atoms with Crippen LogP contribution in [-0.2, 0) is 11.8 Å². The van der Waals surface area contributed by atoms with Crippen LogP contribution in [0.15, 0.2) is 42.5 Å². The van der Waals surface area contributed by atoms with Gasteiger partial charge in [-0.05, 0) is 67.0 Å². The van der Waals surface area contributed by atoms with Gasteiger partial charge in [0.25, 0.3) is 0 Å². The number of nitrogens with one attached hydrogen (secondary N) is 1. The van der Waals surface area contributed by atoms with Gasteiger partial charge in [-0.1, -0.05) is 26.0 Å². The van der Waals surface area contributed by atoms with Crippen LogP contribution < -0.4 is 0 Å². The topological polar surface area (TPSA) is 100 Å². The molecule has 2 aliphatic carbocycles. The van der Waals surface area contributed by atoms with Crippen LogP contribution in [0.25, 0.3) is 22.8 Å². The molecule has 0 spiro atoms. The second kappa shape index (κ2) is 7.96. The molecule has 3 atom stereocenters. The highest BCUT2D eigenvalue weighted by Gasteiger charge is 2.65. The van der Waals surface area contributed by atoms with Gasteiger partial charge in [0.15, 0.2) is 11.6 Å². The summed E-state index contributed by atoms with van der Waals surface area (Å²) in [5.74, 6) is -0.0944. The van der Waals surface area contributed by atoms with Crippen molar-refractivity contribution >= 4 is 0 Å². The maximum absolute atomic E-state index is 14.5. The van der Waals surface area contributed by atoms with Crippen molar-refractivity contribution in [2.75, 3.05) is 0 Å². The maximum atomic E-state index is 14.5. The molecular formula is C27H26F2N6O. The summed E-state index contributed by atoms with van der Waals surface area (Å²) in [6, 6.07) is 11.4. The number of H-pyrrole nitrogens is 1. The summed E-state index contributed by atoms with van der Waals surface area (Å²) in [4.78, 5) is 9.51. The Balaban J connectivity index is 1.46. The van der Waals surface area contributed by atoms with Crippen LogP contribution >= 0.6 is 0 Å². The quantitative estimate of drug-likeness (QED) is 0.421. The maximum Gasteiger partial charge on any atom is 0.174 e. The van der Waals surface area contributed by atoms with Gasteiger partial charge in [0.2, 0.25) is 0 Å². The van der Waals surface area contributed by atoms with Gasteiger partial charge >= 0.3 is 0 Å². The Bertz CT molecular complexity index is 1460. The first-order chi connectivity index (χ1) is 17.2. The number of fused-ring (bicyclic) bond motifs is 5. The van der Waals surface area contributed by atoms with Gasteiger partial charge in [-0.25, -0.2) is 18.7 Å². The minimum atomic E-state index is -0.655. The molecule has 0 saturated heterocycles. The lowest BCUT2D eigenvalue weighted by atomic mass is 9.66. The van der Waals surface area contributed by atoms with Crippen molar-refractivity contribution in [1.29, 1.82) is 0 Å². The number of pyridine rings is 1. The summed E-state index contributed by atoms with van der Waals surface area (Å²) >= 11 is 0. The third-order valence-electron chi connectivity index (χ3n) is 8.04. The van der Waals surface area contributed by atoms with Crippen molar-refractivity contribution in [2.45, 2.75) is 57.5 Å². The van der Waals surface area contributed by atoms with Gasteiger partial charge in [-0.15, -0.1) is 5.10 Å². The number of halogens is 2. The van der Waals surface area contributed by atoms with Crippen LogP contribution in [0.1, 0.15) is 62.3 Å². The van der Waals surface area contributed by atoms with Crippen LogP contribution in [0.3, 0.4) is 0 Å². The molecule has 9 heteroatoms. The molecule has 4 aromatic rings. The molecule has 0 amide bonds. The molecule has 2 N–H and O–H groups in total. The molecule has 6 rings (SSSR count). The molecule has 0 aliphatic heterocycles. The first-order valence-electron chi connectivity index (χ1n) is 12.1. The highest BCUT2D eigenvalue weighted by atomic mass is 19.1. The molecule has 1 aromatic carbocycles. The summed E-state index contributed by atoms with van der Waals surface area (Å²) in [7, 11) is 0. The predicted octanol–water partition coefficient (Wildman–Crippen LogP) is 4.73. The third-order valence-corrected chi connectivity index (χ3v) is 8.04. The lowest BCUT2D eigenvalue weighted by Gasteiger charge is -2.37. The Morgan fingerprint density at radius 3 is 2.56 bits per heavy atom. The average Bonchev–Trinajstić information content (AvgIpc) is 3.46. The van der Waals surface area contributed by atoms with Gasteiger partial charge in [0, 0.05) is 6.42 Å². The summed E-state index contributed by atoms with van der Waals surface area (Å²) in [6.07, 6.45) is 1.57. The van der Waals surface area contributed by atoms with Gasteiger partial charge in [0.1, 0.15) is 17.3 Å². The Labute approximate surface area is 207 Å². The molecule has 1 unspecified atom stereocenters. The van der Waals surface area contributed by atoms with Crippen molar-refractivity contribution in [1.82, 2.24) is 30.4 Å². The summed E-state index contributed by atoms with van der Waals surface area (Å²) in [6.45, 7) is 6.11. The molecular weight excluding hydrogens is 462 g/mol. The van der Waals surface area contributed by atoms with Crippen molar-refractivity contribution in [2.24, 2.45) is 5.41 Å². The monoisotopic (exact) mass is 488 g/mol. The smallest absolute Gasteiger partial charge is 0.174 e. The van der Waals surface area contributed by atoms with Crippen LogP contribution in [0.5, 0.6) is 0 Å². The second-order valence-corrected chi connectivity index (χ2v) is 10.4. The standard InChI is InChI=1S/C27H26F2N6O/c1-14(36)12-22-31-25(35-33-22)19-8-5-9-21(30-19)27-11-10-16(26(27,2)3)15-13-20(32-34-24(15)27)23-17(28)6-4-7-18(23)29/h4-9,13-14,16,36H,10-12H2,1-3H3,(H,31,33,35)/t14-,16-,27?/m0/s1. The first-order valence-corrected chi connectivity index (χ1v) is 12.1. The largest absolute Gasteiger partial charge is 0.393 e. The zero-order valence-corrected chi connectivity index (χ0v) is 20.3. The molecule has 1 saturated carbocycles. The van der Waals surface area contributed by atoms with E-state index in [-0.39, 0.29) is 22.6 Å². The van der Waals surface area contributed by atoms with E-state index in [1.165, 1.54) is 18.2 Å². The first kappa shape index (κ1) is 22.8. The molecule has 7 nitrogen and oxygen atoms in total. The minimum absolute atomic E-state index is 0.152. The highest BCUT2D eigenvalue weighted by Crippen LogP contribution is 2.69. The molecule has 2 aliphatic rings. The van der Waals surface area contributed by atoms with E-state index in [1.54, 1.807) is 13.0 Å². The Kier molecular flexibility index (Phi) is 5.05. The zero-order chi connectivity index (χ0) is 25.2. The van der Waals surface area contributed by atoms with Crippen molar-refractivity contribution in [3.05, 3.63) is 76.9 Å². The predicted molar refractivity (Wildman–Crippen MR) is 129 cm³/mol. The van der Waals surface area contributed by atoms with Gasteiger partial charge in [-0.2, -0.15) is 10.2 Å². The van der Waals surface area contributed by atoms with E-state index in [2.05, 4.69) is 39.2 Å². The number of hydrogen-bond acceptors (Lipinski definition) is 6. The van der Waals surface area contributed by atoms with Crippen LogP contribution in [0, 0.1) is 17.0 Å². The summed E-state index contributed by atoms with van der Waals surface area (Å²) in [5.41, 5.74) is 2.63. The molecule has 3 heterocycles. The van der Waals surface area contributed by atoms with Crippen LogP contribution in [-0.4, -0.2) is 41.6 Å². The number of hydrogen-bond donors (Lipinski definition) is 2. The number of nitrogens with zero attached hydrogens (tertiary/aromatic N) is 5. The molecule has 1 fully saturated rings. The van der Waals surface area contributed by atoms with Crippen molar-refractivity contribution in [3.8, 4) is 22.8 Å². The van der Waals surface area contributed by atoms with E-state index in [0.29, 0.717) is 23.8 Å². The molecule has 184 valence electrons. The average molecular weight is 489 g/mol. The summed E-state index contributed by atoms with van der Waals surface area (Å²) in [5, 5.41) is 25.7. The molecule has 36 heavy (non-hydrogen) atoms. The normalized spacial score (nSPS) is 22.6. The third kappa shape index (κ3) is 3.15. The summed E-state index contributed by atoms with van der Waals surface area (Å²) < 4.78 is 29.0. The minimum Gasteiger partial charge on any atom is -0.393 e. The Hall–Kier alpha value is -3.59. The van der Waals surface area contributed by atoms with Gasteiger partial charge < -0.3 is 5.11 Å². The number of aliphatic hydroxyl groups is 1. The van der Waals surface area contributed by atoms with E-state index in [1.807, 2.05) is 18.2 Å². The van der Waals surface area contributed by atoms with Crippen molar-refractivity contribution < 1.29 is 13.9 Å². The lowest BCUT2D eigenvalue weighted by Crippen LogP contribution is -2.37. The van der Waals surface area contributed by atoms with Crippen molar-refractivity contribution in [3.63, 3.8) is 0 Å². The number of aromatic nitrogens is 6. The molecule has 0 radical (unpaired) electrons. The Morgan fingerprint density at radius 1 is 1.06 bits per heavy atom. The highest BCUT2D eigenvalue weighted by molar-refractivity contribution is 5.64. The van der Waals surface area contributed by atoms with E-state index in [9.17, 15) is 13.9 Å². The SMILES string of the molecule is C[C@H](O)Cc1n[nH]c(-c2cccc(C34CC[C@@H](c5cc(-c6c(F)cccc6F)nnc53)C4(C)C)n2)n1. The number of benzene rings is 1. The fourth-order valence-corrected chi connectivity index (χ4v) is 6.33. The lowest BCUT2D eigenvalue weighted by molar-refractivity contribution is 0.193.